The highest BCUT2D eigenvalue weighted by molar-refractivity contribution is 5.25. The van der Waals surface area contributed by atoms with Gasteiger partial charge in [-0.25, -0.2) is 8.78 Å². The number of pyridine rings is 1. The highest BCUT2D eigenvalue weighted by atomic mass is 19.2. The molecule has 1 heterocycles. The number of nitrogens with zero attached hydrogens (tertiary/aromatic N) is 1. The predicted molar refractivity (Wildman–Crippen MR) is 75.3 cm³/mol. The molecule has 0 aliphatic heterocycles. The maximum atomic E-state index is 14.0. The van der Waals surface area contributed by atoms with E-state index in [4.69, 9.17) is 0 Å². The summed E-state index contributed by atoms with van der Waals surface area (Å²) in [4.78, 5) is 4.06. The van der Waals surface area contributed by atoms with Gasteiger partial charge in [0, 0.05) is 24.0 Å². The first-order valence-electron chi connectivity index (χ1n) is 6.78. The second-order valence-corrected chi connectivity index (χ2v) is 4.72. The van der Waals surface area contributed by atoms with Crippen molar-refractivity contribution in [1.82, 2.24) is 10.3 Å². The Morgan fingerprint density at radius 1 is 1.20 bits per heavy atom. The highest BCUT2D eigenvalue weighted by Gasteiger charge is 2.18. The van der Waals surface area contributed by atoms with Crippen molar-refractivity contribution in [2.75, 3.05) is 6.54 Å². The first-order valence-corrected chi connectivity index (χ1v) is 6.78. The Hall–Kier alpha value is -1.81. The normalized spacial score (nSPS) is 12.3. The zero-order valence-electron chi connectivity index (χ0n) is 11.4. The van der Waals surface area contributed by atoms with Gasteiger partial charge in [-0.3, -0.25) is 4.98 Å². The Morgan fingerprint density at radius 2 is 2.05 bits per heavy atom. The van der Waals surface area contributed by atoms with E-state index in [-0.39, 0.29) is 6.04 Å². The molecule has 1 atom stereocenters. The topological polar surface area (TPSA) is 24.9 Å². The molecular weight excluding hydrogens is 258 g/mol. The quantitative estimate of drug-likeness (QED) is 0.871. The summed E-state index contributed by atoms with van der Waals surface area (Å²) in [5.41, 5.74) is 1.35. The molecule has 2 aromatic rings. The van der Waals surface area contributed by atoms with Gasteiger partial charge in [0.2, 0.25) is 0 Å². The van der Waals surface area contributed by atoms with Crippen LogP contribution in [0.1, 0.15) is 30.5 Å². The summed E-state index contributed by atoms with van der Waals surface area (Å²) in [6.45, 7) is 2.79. The van der Waals surface area contributed by atoms with Crippen LogP contribution in [0.25, 0.3) is 0 Å². The van der Waals surface area contributed by atoms with Crippen LogP contribution in [0.2, 0.25) is 0 Å². The van der Waals surface area contributed by atoms with Crippen molar-refractivity contribution in [3.8, 4) is 0 Å². The molecule has 20 heavy (non-hydrogen) atoms. The summed E-state index contributed by atoms with van der Waals surface area (Å²) >= 11 is 0. The Kier molecular flexibility index (Phi) is 5.18. The molecule has 106 valence electrons. The lowest BCUT2D eigenvalue weighted by molar-refractivity contribution is 0.459. The van der Waals surface area contributed by atoms with Crippen LogP contribution < -0.4 is 5.32 Å². The number of rotatable bonds is 6. The first-order chi connectivity index (χ1) is 9.72. The smallest absolute Gasteiger partial charge is 0.163 e. The van der Waals surface area contributed by atoms with Gasteiger partial charge < -0.3 is 5.32 Å². The molecule has 0 bridgehead atoms. The van der Waals surface area contributed by atoms with Crippen LogP contribution in [0.3, 0.4) is 0 Å². The molecule has 0 amide bonds. The molecule has 1 aromatic carbocycles. The van der Waals surface area contributed by atoms with Crippen LogP contribution in [-0.4, -0.2) is 11.5 Å². The number of halogens is 2. The fourth-order valence-corrected chi connectivity index (χ4v) is 2.15. The highest BCUT2D eigenvalue weighted by Crippen LogP contribution is 2.22. The molecule has 1 N–H and O–H groups in total. The van der Waals surface area contributed by atoms with Crippen LogP contribution in [0.4, 0.5) is 8.78 Å². The summed E-state index contributed by atoms with van der Waals surface area (Å²) < 4.78 is 27.3. The minimum absolute atomic E-state index is 0.255. The van der Waals surface area contributed by atoms with E-state index < -0.39 is 11.6 Å². The molecule has 0 saturated heterocycles. The minimum Gasteiger partial charge on any atom is -0.310 e. The molecule has 0 radical (unpaired) electrons. The van der Waals surface area contributed by atoms with Crippen LogP contribution >= 0.6 is 0 Å². The van der Waals surface area contributed by atoms with E-state index in [0.29, 0.717) is 12.0 Å². The van der Waals surface area contributed by atoms with E-state index in [1.54, 1.807) is 18.5 Å². The van der Waals surface area contributed by atoms with Crippen LogP contribution in [0.15, 0.2) is 42.7 Å². The van der Waals surface area contributed by atoms with E-state index in [2.05, 4.69) is 10.3 Å². The third kappa shape index (κ3) is 3.61. The van der Waals surface area contributed by atoms with Gasteiger partial charge in [0.1, 0.15) is 0 Å². The van der Waals surface area contributed by atoms with Gasteiger partial charge >= 0.3 is 0 Å². The van der Waals surface area contributed by atoms with Crippen molar-refractivity contribution in [1.29, 1.82) is 0 Å². The van der Waals surface area contributed by atoms with Gasteiger partial charge in [-0.05, 0) is 37.1 Å². The zero-order valence-corrected chi connectivity index (χ0v) is 11.4. The Bertz CT molecular complexity index is 543. The molecule has 0 saturated carbocycles. The molecule has 2 nitrogen and oxygen atoms in total. The van der Waals surface area contributed by atoms with E-state index in [1.165, 1.54) is 6.07 Å². The molecule has 0 aliphatic carbocycles. The third-order valence-corrected chi connectivity index (χ3v) is 3.16. The van der Waals surface area contributed by atoms with E-state index >= 15 is 0 Å². The van der Waals surface area contributed by atoms with Crippen LogP contribution in [0, 0.1) is 11.6 Å². The zero-order chi connectivity index (χ0) is 14.4. The van der Waals surface area contributed by atoms with Gasteiger partial charge in [-0.1, -0.05) is 25.1 Å². The fourth-order valence-electron chi connectivity index (χ4n) is 2.15. The summed E-state index contributed by atoms with van der Waals surface area (Å²) in [5.74, 6) is -1.58. The number of hydrogen-bond donors (Lipinski definition) is 1. The van der Waals surface area contributed by atoms with Gasteiger partial charge in [-0.15, -0.1) is 0 Å². The van der Waals surface area contributed by atoms with Gasteiger partial charge in [0.05, 0.1) is 0 Å². The van der Waals surface area contributed by atoms with Gasteiger partial charge in [0.25, 0.3) is 0 Å². The number of hydrogen-bond acceptors (Lipinski definition) is 2. The predicted octanol–water partition coefficient (Wildman–Crippen LogP) is 3.64. The van der Waals surface area contributed by atoms with E-state index in [1.807, 2.05) is 19.1 Å². The average molecular weight is 276 g/mol. The second kappa shape index (κ2) is 7.10. The lowest BCUT2D eigenvalue weighted by atomic mass is 9.99. The van der Waals surface area contributed by atoms with E-state index in [9.17, 15) is 8.78 Å². The molecule has 1 unspecified atom stereocenters. The molecule has 0 fully saturated rings. The van der Waals surface area contributed by atoms with E-state index in [0.717, 1.165) is 24.6 Å². The molecular formula is C16H18F2N2. The molecule has 1 aromatic heterocycles. The lowest BCUT2D eigenvalue weighted by Crippen LogP contribution is -2.25. The van der Waals surface area contributed by atoms with Crippen molar-refractivity contribution in [2.24, 2.45) is 0 Å². The summed E-state index contributed by atoms with van der Waals surface area (Å²) in [6.07, 6.45) is 4.95. The van der Waals surface area contributed by atoms with Gasteiger partial charge in [0.15, 0.2) is 11.6 Å². The maximum absolute atomic E-state index is 14.0. The summed E-state index contributed by atoms with van der Waals surface area (Å²) in [5, 5.41) is 3.27. The average Bonchev–Trinajstić information content (AvgIpc) is 2.48. The summed E-state index contributed by atoms with van der Waals surface area (Å²) in [6, 6.07) is 7.83. The summed E-state index contributed by atoms with van der Waals surface area (Å²) in [7, 11) is 0. The molecule has 0 aliphatic rings. The molecule has 0 spiro atoms. The van der Waals surface area contributed by atoms with Crippen LogP contribution in [-0.2, 0) is 6.42 Å². The van der Waals surface area contributed by atoms with Crippen molar-refractivity contribution < 1.29 is 8.78 Å². The van der Waals surface area contributed by atoms with Crippen molar-refractivity contribution in [3.05, 3.63) is 65.5 Å². The lowest BCUT2D eigenvalue weighted by Gasteiger charge is -2.19. The largest absolute Gasteiger partial charge is 0.310 e. The second-order valence-electron chi connectivity index (χ2n) is 4.72. The van der Waals surface area contributed by atoms with Crippen molar-refractivity contribution in [3.63, 3.8) is 0 Å². The number of benzene rings is 1. The van der Waals surface area contributed by atoms with Crippen molar-refractivity contribution >= 4 is 0 Å². The SMILES string of the molecule is CCCNC(Cc1cccnc1)c1cccc(F)c1F. The Balaban J connectivity index is 2.25. The minimum atomic E-state index is -0.808. The Morgan fingerprint density at radius 3 is 2.75 bits per heavy atom. The fraction of sp³-hybridized carbons (Fsp3) is 0.312. The molecule has 2 rings (SSSR count). The number of nitrogens with one attached hydrogen (secondary N) is 1. The van der Waals surface area contributed by atoms with Gasteiger partial charge in [-0.2, -0.15) is 0 Å². The monoisotopic (exact) mass is 276 g/mol. The number of aromatic nitrogens is 1. The van der Waals surface area contributed by atoms with Crippen LogP contribution in [0.5, 0.6) is 0 Å². The molecule has 4 heteroatoms. The Labute approximate surface area is 117 Å². The standard InChI is InChI=1S/C16H18F2N2/c1-2-8-20-15(10-12-5-4-9-19-11-12)13-6-3-7-14(17)16(13)18/h3-7,9,11,15,20H,2,8,10H2,1H3. The third-order valence-electron chi connectivity index (χ3n) is 3.16. The van der Waals surface area contributed by atoms with Crippen molar-refractivity contribution in [2.45, 2.75) is 25.8 Å². The maximum Gasteiger partial charge on any atom is 0.163 e. The first kappa shape index (κ1) is 14.6.